The lowest BCUT2D eigenvalue weighted by molar-refractivity contribution is 0.621. The zero-order chi connectivity index (χ0) is 19.3. The van der Waals surface area contributed by atoms with Crippen molar-refractivity contribution in [2.75, 3.05) is 0 Å². The van der Waals surface area contributed by atoms with Gasteiger partial charge in [-0.25, -0.2) is 0 Å². The molecule has 0 atom stereocenters. The number of hydrogen-bond acceptors (Lipinski definition) is 1. The van der Waals surface area contributed by atoms with Gasteiger partial charge in [-0.3, -0.25) is 4.98 Å². The molecule has 136 valence electrons. The molecule has 0 N–H and O–H groups in total. The lowest BCUT2D eigenvalue weighted by Gasteiger charge is -2.35. The Bertz CT molecular complexity index is 1310. The van der Waals surface area contributed by atoms with E-state index in [1.807, 2.05) is 6.20 Å². The van der Waals surface area contributed by atoms with E-state index in [4.69, 9.17) is 4.98 Å². The zero-order valence-electron chi connectivity index (χ0n) is 16.8. The fourth-order valence-corrected chi connectivity index (χ4v) is 5.63. The van der Waals surface area contributed by atoms with Gasteiger partial charge in [-0.05, 0) is 56.5 Å². The molecule has 2 aliphatic rings. The molecule has 0 spiro atoms. The highest BCUT2D eigenvalue weighted by molar-refractivity contribution is 6.11. The van der Waals surface area contributed by atoms with Crippen LogP contribution in [0.1, 0.15) is 50.1 Å². The topological polar surface area (TPSA) is 12.9 Å². The molecule has 0 unspecified atom stereocenters. The Hall–Kier alpha value is -2.93. The van der Waals surface area contributed by atoms with E-state index in [-0.39, 0.29) is 10.8 Å². The number of fused-ring (bicyclic) bond motifs is 6. The first-order chi connectivity index (χ1) is 13.4. The van der Waals surface area contributed by atoms with Crippen LogP contribution in [0.2, 0.25) is 0 Å². The minimum Gasteiger partial charge on any atom is -0.260 e. The quantitative estimate of drug-likeness (QED) is 0.334. The van der Waals surface area contributed by atoms with Gasteiger partial charge in [-0.15, -0.1) is 0 Å². The van der Waals surface area contributed by atoms with E-state index in [2.05, 4.69) is 88.4 Å². The van der Waals surface area contributed by atoms with Gasteiger partial charge in [0, 0.05) is 22.4 Å². The number of pyridine rings is 1. The number of benzene rings is 3. The highest BCUT2D eigenvalue weighted by Gasteiger charge is 2.40. The van der Waals surface area contributed by atoms with Crippen LogP contribution in [-0.4, -0.2) is 4.98 Å². The minimum absolute atomic E-state index is 0.00194. The first-order valence-electron chi connectivity index (χ1n) is 10.1. The standard InChI is InChI=1S/C27H23N/c1-26(2)21-12-8-6-10-17(21)23-18-13-14-28-25-24(18)19(15-22(23)26)16-9-5-7-11-20(16)27(25,3)4/h5-15H,1-4H3. The van der Waals surface area contributed by atoms with Gasteiger partial charge in [0.1, 0.15) is 0 Å². The van der Waals surface area contributed by atoms with E-state index in [1.54, 1.807) is 0 Å². The molecule has 0 saturated heterocycles. The molecule has 1 aromatic heterocycles. The second kappa shape index (κ2) is 4.91. The molecule has 0 aliphatic heterocycles. The van der Waals surface area contributed by atoms with Crippen LogP contribution in [0.4, 0.5) is 0 Å². The Morgan fingerprint density at radius 3 is 2.04 bits per heavy atom. The van der Waals surface area contributed by atoms with Crippen molar-refractivity contribution in [2.45, 2.75) is 38.5 Å². The Labute approximate surface area is 166 Å². The average Bonchev–Trinajstić information content (AvgIpc) is 2.94. The molecule has 0 amide bonds. The van der Waals surface area contributed by atoms with Crippen molar-refractivity contribution in [1.29, 1.82) is 0 Å². The Morgan fingerprint density at radius 1 is 0.643 bits per heavy atom. The molecule has 0 saturated carbocycles. The molecule has 1 heteroatoms. The van der Waals surface area contributed by atoms with E-state index >= 15 is 0 Å². The van der Waals surface area contributed by atoms with Gasteiger partial charge < -0.3 is 0 Å². The number of aromatic nitrogens is 1. The van der Waals surface area contributed by atoms with Gasteiger partial charge in [-0.2, -0.15) is 0 Å². The molecule has 0 radical (unpaired) electrons. The summed E-state index contributed by atoms with van der Waals surface area (Å²) >= 11 is 0. The summed E-state index contributed by atoms with van der Waals surface area (Å²) in [6.45, 7) is 9.33. The lowest BCUT2D eigenvalue weighted by Crippen LogP contribution is -2.25. The predicted molar refractivity (Wildman–Crippen MR) is 117 cm³/mol. The molecule has 6 rings (SSSR count). The highest BCUT2D eigenvalue weighted by Crippen LogP contribution is 2.56. The first-order valence-corrected chi connectivity index (χ1v) is 10.1. The third kappa shape index (κ3) is 1.71. The fourth-order valence-electron chi connectivity index (χ4n) is 5.63. The fraction of sp³-hybridized carbons (Fsp3) is 0.222. The average molecular weight is 361 g/mol. The molecule has 1 nitrogen and oxygen atoms in total. The molecular weight excluding hydrogens is 338 g/mol. The van der Waals surface area contributed by atoms with Gasteiger partial charge in [0.2, 0.25) is 0 Å². The maximum atomic E-state index is 4.91. The maximum Gasteiger partial charge on any atom is 0.0588 e. The van der Waals surface area contributed by atoms with Crippen molar-refractivity contribution >= 4 is 10.8 Å². The molecule has 1 heterocycles. The van der Waals surface area contributed by atoms with Crippen molar-refractivity contribution in [3.63, 3.8) is 0 Å². The third-order valence-corrected chi connectivity index (χ3v) is 7.07. The second-order valence-electron chi connectivity index (χ2n) is 9.27. The summed E-state index contributed by atoms with van der Waals surface area (Å²) in [5, 5.41) is 2.68. The Morgan fingerprint density at radius 2 is 1.29 bits per heavy atom. The van der Waals surface area contributed by atoms with Crippen molar-refractivity contribution in [3.8, 4) is 22.3 Å². The van der Waals surface area contributed by atoms with E-state index in [9.17, 15) is 0 Å². The largest absolute Gasteiger partial charge is 0.260 e. The summed E-state index contributed by atoms with van der Waals surface area (Å²) in [7, 11) is 0. The van der Waals surface area contributed by atoms with E-state index in [1.165, 1.54) is 55.4 Å². The van der Waals surface area contributed by atoms with Crippen LogP contribution in [0.5, 0.6) is 0 Å². The Kier molecular flexibility index (Phi) is 2.82. The van der Waals surface area contributed by atoms with Crippen molar-refractivity contribution in [3.05, 3.63) is 89.2 Å². The maximum absolute atomic E-state index is 4.91. The van der Waals surface area contributed by atoms with Gasteiger partial charge >= 0.3 is 0 Å². The third-order valence-electron chi connectivity index (χ3n) is 7.07. The summed E-state index contributed by atoms with van der Waals surface area (Å²) in [5.41, 5.74) is 10.8. The summed E-state index contributed by atoms with van der Waals surface area (Å²) < 4.78 is 0. The highest BCUT2D eigenvalue weighted by atomic mass is 14.7. The molecule has 0 bridgehead atoms. The van der Waals surface area contributed by atoms with Gasteiger partial charge in [-0.1, -0.05) is 76.2 Å². The zero-order valence-corrected chi connectivity index (χ0v) is 16.8. The van der Waals surface area contributed by atoms with Crippen LogP contribution in [-0.2, 0) is 10.8 Å². The first kappa shape index (κ1) is 16.1. The van der Waals surface area contributed by atoms with Gasteiger partial charge in [0.05, 0.1) is 5.69 Å². The number of hydrogen-bond donors (Lipinski definition) is 0. The molecule has 2 aliphatic carbocycles. The van der Waals surface area contributed by atoms with Crippen molar-refractivity contribution < 1.29 is 0 Å². The summed E-state index contributed by atoms with van der Waals surface area (Å²) in [6.07, 6.45) is 2.01. The van der Waals surface area contributed by atoms with Gasteiger partial charge in [0.15, 0.2) is 0 Å². The van der Waals surface area contributed by atoms with Crippen LogP contribution >= 0.6 is 0 Å². The predicted octanol–water partition coefficient (Wildman–Crippen LogP) is 6.85. The second-order valence-corrected chi connectivity index (χ2v) is 9.27. The van der Waals surface area contributed by atoms with Crippen LogP contribution < -0.4 is 0 Å². The molecule has 3 aromatic carbocycles. The van der Waals surface area contributed by atoms with Crippen LogP contribution in [0, 0.1) is 0 Å². The minimum atomic E-state index is -0.106. The summed E-state index contributed by atoms with van der Waals surface area (Å²) in [6, 6.07) is 22.5. The summed E-state index contributed by atoms with van der Waals surface area (Å²) in [5.74, 6) is 0. The lowest BCUT2D eigenvalue weighted by atomic mass is 9.69. The molecule has 0 fully saturated rings. The van der Waals surface area contributed by atoms with Crippen LogP contribution in [0.15, 0.2) is 66.9 Å². The van der Waals surface area contributed by atoms with Crippen molar-refractivity contribution in [2.24, 2.45) is 0 Å². The SMILES string of the molecule is CC1(C)c2ccccc2-c2c1cc1c3c(nccc23)C(C)(C)c2ccccc2-1. The van der Waals surface area contributed by atoms with E-state index in [0.717, 1.165) is 0 Å². The molecule has 28 heavy (non-hydrogen) atoms. The molecule has 4 aromatic rings. The van der Waals surface area contributed by atoms with Gasteiger partial charge in [0.25, 0.3) is 0 Å². The van der Waals surface area contributed by atoms with Crippen LogP contribution in [0.25, 0.3) is 33.0 Å². The van der Waals surface area contributed by atoms with E-state index in [0.29, 0.717) is 0 Å². The molecular formula is C27H23N. The number of nitrogens with zero attached hydrogens (tertiary/aromatic N) is 1. The van der Waals surface area contributed by atoms with Crippen LogP contribution in [0.3, 0.4) is 0 Å². The smallest absolute Gasteiger partial charge is 0.0588 e. The Balaban J connectivity index is 1.87. The number of rotatable bonds is 0. The normalized spacial score (nSPS) is 17.1. The summed E-state index contributed by atoms with van der Waals surface area (Å²) in [4.78, 5) is 4.91. The van der Waals surface area contributed by atoms with Crippen molar-refractivity contribution in [1.82, 2.24) is 4.98 Å². The van der Waals surface area contributed by atoms with E-state index < -0.39 is 0 Å². The monoisotopic (exact) mass is 361 g/mol.